The summed E-state index contributed by atoms with van der Waals surface area (Å²) < 4.78 is 0. The second-order valence-electron chi connectivity index (χ2n) is 1.91. The van der Waals surface area contributed by atoms with Crippen LogP contribution in [0.5, 0.6) is 0 Å². The number of aromatic nitrogens is 1. The van der Waals surface area contributed by atoms with Gasteiger partial charge in [0.15, 0.2) is 0 Å². The molecule has 0 spiro atoms. The van der Waals surface area contributed by atoms with Gasteiger partial charge in [0.2, 0.25) is 0 Å². The van der Waals surface area contributed by atoms with Crippen LogP contribution >= 0.6 is 0 Å². The van der Waals surface area contributed by atoms with Crippen molar-refractivity contribution in [3.63, 3.8) is 0 Å². The minimum absolute atomic E-state index is 0.688. The number of nitrogens with one attached hydrogen (secondary N) is 1. The van der Waals surface area contributed by atoms with Crippen molar-refractivity contribution in [1.29, 1.82) is 0 Å². The monoisotopic (exact) mass is 150 g/mol. The molecule has 0 bridgehead atoms. The number of pyridine rings is 1. The molecular formula is C7H10N4. The highest BCUT2D eigenvalue weighted by Crippen LogP contribution is 2.01. The summed E-state index contributed by atoms with van der Waals surface area (Å²) in [6.45, 7) is 2.61. The lowest BCUT2D eigenvalue weighted by Gasteiger charge is -1.94. The van der Waals surface area contributed by atoms with E-state index in [0.29, 0.717) is 6.54 Å². The van der Waals surface area contributed by atoms with Crippen molar-refractivity contribution in [1.82, 2.24) is 4.98 Å². The molecule has 1 N–H and O–H groups in total. The topological polar surface area (TPSA) is 49.6 Å². The average molecular weight is 150 g/mol. The molecule has 4 heteroatoms. The molecule has 0 aromatic carbocycles. The van der Waals surface area contributed by atoms with Crippen LogP contribution in [0.2, 0.25) is 0 Å². The Morgan fingerprint density at radius 2 is 2.55 bits per heavy atom. The third-order valence-electron chi connectivity index (χ3n) is 1.05. The molecule has 0 saturated heterocycles. The first-order chi connectivity index (χ1) is 5.43. The molecular weight excluding hydrogens is 140 g/mol. The lowest BCUT2D eigenvalue weighted by molar-refractivity contribution is 0.962. The molecule has 0 unspecified atom stereocenters. The molecule has 58 valence electrons. The maximum Gasteiger partial charge on any atom is 0.0762 e. The third-order valence-corrected chi connectivity index (χ3v) is 1.05. The minimum atomic E-state index is 0.688. The number of anilines is 1. The van der Waals surface area contributed by atoms with Crippen molar-refractivity contribution in [2.75, 3.05) is 12.0 Å². The van der Waals surface area contributed by atoms with Crippen molar-refractivity contribution in [3.8, 4) is 0 Å². The Balaban J connectivity index is 2.45. The van der Waals surface area contributed by atoms with E-state index in [1.54, 1.807) is 12.4 Å². The first kappa shape index (κ1) is 7.65. The molecule has 11 heavy (non-hydrogen) atoms. The quantitative estimate of drug-likeness (QED) is 0.528. The molecule has 0 saturated carbocycles. The highest BCUT2D eigenvalue weighted by Gasteiger charge is 1.83. The van der Waals surface area contributed by atoms with E-state index in [-0.39, 0.29) is 0 Å². The summed E-state index contributed by atoms with van der Waals surface area (Å²) in [6, 6.07) is 3.71. The summed E-state index contributed by atoms with van der Waals surface area (Å²) in [5, 5.41) is 7.45. The van der Waals surface area contributed by atoms with Crippen LogP contribution in [0, 0.1) is 0 Å². The minimum Gasteiger partial charge on any atom is -0.263 e. The Labute approximate surface area is 65.3 Å². The van der Waals surface area contributed by atoms with Crippen molar-refractivity contribution < 1.29 is 0 Å². The van der Waals surface area contributed by atoms with Gasteiger partial charge in [-0.25, -0.2) is 0 Å². The predicted molar refractivity (Wildman–Crippen MR) is 43.3 cm³/mol. The molecule has 0 amide bonds. The van der Waals surface area contributed by atoms with E-state index in [1.165, 1.54) is 0 Å². The first-order valence-corrected chi connectivity index (χ1v) is 3.46. The van der Waals surface area contributed by atoms with Gasteiger partial charge in [-0.2, -0.15) is 5.11 Å². The fourth-order valence-electron chi connectivity index (χ4n) is 0.593. The molecule has 0 radical (unpaired) electrons. The van der Waals surface area contributed by atoms with Crippen LogP contribution in [-0.2, 0) is 0 Å². The van der Waals surface area contributed by atoms with Crippen LogP contribution in [0.3, 0.4) is 0 Å². The number of hydrogen-bond acceptors (Lipinski definition) is 3. The van der Waals surface area contributed by atoms with E-state index in [9.17, 15) is 0 Å². The fraction of sp³-hybridized carbons (Fsp3) is 0.286. The molecule has 1 aromatic heterocycles. The van der Waals surface area contributed by atoms with Crippen molar-refractivity contribution in [2.24, 2.45) is 10.3 Å². The van der Waals surface area contributed by atoms with Gasteiger partial charge in [0.05, 0.1) is 18.4 Å². The predicted octanol–water partition coefficient (Wildman–Crippen LogP) is 1.88. The van der Waals surface area contributed by atoms with Gasteiger partial charge in [-0.3, -0.25) is 10.4 Å². The van der Waals surface area contributed by atoms with Crippen LogP contribution in [0.15, 0.2) is 34.9 Å². The second-order valence-corrected chi connectivity index (χ2v) is 1.91. The van der Waals surface area contributed by atoms with E-state index in [4.69, 9.17) is 0 Å². The molecule has 0 aliphatic carbocycles. The van der Waals surface area contributed by atoms with Crippen LogP contribution in [0.25, 0.3) is 0 Å². The largest absolute Gasteiger partial charge is 0.263 e. The van der Waals surface area contributed by atoms with Gasteiger partial charge >= 0.3 is 0 Å². The average Bonchev–Trinajstić information content (AvgIpc) is 2.07. The van der Waals surface area contributed by atoms with Crippen molar-refractivity contribution >= 4 is 5.69 Å². The zero-order chi connectivity index (χ0) is 7.94. The Bertz CT molecular complexity index is 219. The lowest BCUT2D eigenvalue weighted by atomic mass is 10.4. The molecule has 0 aliphatic rings. The molecule has 4 nitrogen and oxygen atoms in total. The van der Waals surface area contributed by atoms with Crippen molar-refractivity contribution in [2.45, 2.75) is 6.92 Å². The Morgan fingerprint density at radius 1 is 1.64 bits per heavy atom. The Hall–Kier alpha value is -1.45. The van der Waals surface area contributed by atoms with E-state index in [1.807, 2.05) is 19.1 Å². The van der Waals surface area contributed by atoms with Gasteiger partial charge in [-0.15, -0.1) is 0 Å². The molecule has 0 atom stereocenters. The van der Waals surface area contributed by atoms with Crippen LogP contribution in [0.1, 0.15) is 6.92 Å². The fourth-order valence-corrected chi connectivity index (χ4v) is 0.593. The van der Waals surface area contributed by atoms with Gasteiger partial charge in [0.1, 0.15) is 0 Å². The zero-order valence-corrected chi connectivity index (χ0v) is 6.36. The molecule has 0 fully saturated rings. The summed E-state index contributed by atoms with van der Waals surface area (Å²) in [4.78, 5) is 3.90. The lowest BCUT2D eigenvalue weighted by Crippen LogP contribution is -1.86. The normalized spacial score (nSPS) is 10.3. The standard InChI is InChI=1S/C7H10N4/c1-2-9-11-10-7-4-3-5-8-6-7/h3-6H,2H2,1H3,(H,9,10). The van der Waals surface area contributed by atoms with Gasteiger partial charge in [0, 0.05) is 6.20 Å². The third kappa shape index (κ3) is 2.75. The highest BCUT2D eigenvalue weighted by atomic mass is 15.4. The molecule has 1 rings (SSSR count). The van der Waals surface area contributed by atoms with E-state index in [0.717, 1.165) is 5.69 Å². The first-order valence-electron chi connectivity index (χ1n) is 3.46. The molecule has 1 aromatic rings. The van der Waals surface area contributed by atoms with Gasteiger partial charge < -0.3 is 0 Å². The van der Waals surface area contributed by atoms with Crippen molar-refractivity contribution in [3.05, 3.63) is 24.5 Å². The smallest absolute Gasteiger partial charge is 0.0762 e. The second kappa shape index (κ2) is 4.38. The summed E-state index contributed by atoms with van der Waals surface area (Å²) in [5.41, 5.74) is 3.59. The van der Waals surface area contributed by atoms with E-state index < -0.39 is 0 Å². The Morgan fingerprint density at radius 3 is 3.18 bits per heavy atom. The van der Waals surface area contributed by atoms with Gasteiger partial charge in [0.25, 0.3) is 0 Å². The summed E-state index contributed by atoms with van der Waals surface area (Å²) in [6.07, 6.45) is 3.40. The van der Waals surface area contributed by atoms with Crippen LogP contribution in [0.4, 0.5) is 5.69 Å². The highest BCUT2D eigenvalue weighted by molar-refractivity contribution is 5.38. The van der Waals surface area contributed by atoms with Gasteiger partial charge in [-0.05, 0) is 19.1 Å². The number of nitrogens with zero attached hydrogens (tertiary/aromatic N) is 3. The molecule has 1 heterocycles. The summed E-state index contributed by atoms with van der Waals surface area (Å²) in [7, 11) is 0. The van der Waals surface area contributed by atoms with Crippen LogP contribution in [-0.4, -0.2) is 11.5 Å². The zero-order valence-electron chi connectivity index (χ0n) is 6.36. The van der Waals surface area contributed by atoms with Crippen LogP contribution < -0.4 is 5.43 Å². The van der Waals surface area contributed by atoms with E-state index in [2.05, 4.69) is 20.7 Å². The maximum atomic E-state index is 3.90. The number of hydrogen-bond donors (Lipinski definition) is 1. The van der Waals surface area contributed by atoms with E-state index >= 15 is 0 Å². The maximum absolute atomic E-state index is 3.90. The Kier molecular flexibility index (Phi) is 3.05. The van der Waals surface area contributed by atoms with Gasteiger partial charge in [-0.1, -0.05) is 5.22 Å². The summed E-state index contributed by atoms with van der Waals surface area (Å²) in [5.74, 6) is 0. The SMILES string of the molecule is CCN=NNc1cccnc1. The number of rotatable bonds is 3. The summed E-state index contributed by atoms with van der Waals surface area (Å²) >= 11 is 0. The molecule has 0 aliphatic heterocycles.